The van der Waals surface area contributed by atoms with E-state index in [1.807, 2.05) is 13.8 Å². The van der Waals surface area contributed by atoms with Gasteiger partial charge < -0.3 is 10.0 Å². The zero-order valence-electron chi connectivity index (χ0n) is 8.80. The normalized spacial score (nSPS) is 17.1. The Morgan fingerprint density at radius 1 is 1.36 bits per heavy atom. The third-order valence-corrected chi connectivity index (χ3v) is 2.30. The number of halogens is 3. The van der Waals surface area contributed by atoms with E-state index < -0.39 is 12.3 Å². The van der Waals surface area contributed by atoms with Crippen molar-refractivity contribution >= 4 is 0 Å². The zero-order valence-corrected chi connectivity index (χ0v) is 8.80. The Labute approximate surface area is 82.7 Å². The second-order valence-electron chi connectivity index (χ2n) is 3.63. The summed E-state index contributed by atoms with van der Waals surface area (Å²) in [6.07, 6.45) is -5.00. The van der Waals surface area contributed by atoms with E-state index in [0.29, 0.717) is 0 Å². The van der Waals surface area contributed by atoms with Crippen LogP contribution in [0.15, 0.2) is 0 Å². The first-order valence-corrected chi connectivity index (χ1v) is 4.74. The number of alkyl halides is 3. The molecule has 14 heavy (non-hydrogen) atoms. The summed E-state index contributed by atoms with van der Waals surface area (Å²) in [7, 11) is 1.59. The highest BCUT2D eigenvalue weighted by molar-refractivity contribution is 4.72. The summed E-state index contributed by atoms with van der Waals surface area (Å²) >= 11 is 0. The average Bonchev–Trinajstić information content (AvgIpc) is 2.02. The van der Waals surface area contributed by atoms with Crippen LogP contribution in [0.2, 0.25) is 0 Å². The van der Waals surface area contributed by atoms with Crippen molar-refractivity contribution in [2.75, 3.05) is 13.6 Å². The lowest BCUT2D eigenvalue weighted by Crippen LogP contribution is -2.42. The molecule has 0 saturated carbocycles. The monoisotopic (exact) mass is 213 g/mol. The smallest absolute Gasteiger partial charge is 0.382 e. The van der Waals surface area contributed by atoms with Crippen LogP contribution in [-0.2, 0) is 0 Å². The summed E-state index contributed by atoms with van der Waals surface area (Å²) in [5, 5.41) is 8.81. The molecule has 0 fully saturated rings. The highest BCUT2D eigenvalue weighted by Gasteiger charge is 2.38. The molecule has 0 aliphatic heterocycles. The maximum atomic E-state index is 12.0. The largest absolute Gasteiger partial charge is 0.415 e. The summed E-state index contributed by atoms with van der Waals surface area (Å²) < 4.78 is 35.9. The van der Waals surface area contributed by atoms with E-state index in [4.69, 9.17) is 5.11 Å². The van der Waals surface area contributed by atoms with Crippen LogP contribution in [0.5, 0.6) is 0 Å². The number of hydrogen-bond acceptors (Lipinski definition) is 2. The maximum Gasteiger partial charge on any atom is 0.415 e. The lowest BCUT2D eigenvalue weighted by molar-refractivity contribution is -0.208. The molecule has 0 amide bonds. The molecule has 0 spiro atoms. The molecule has 0 saturated heterocycles. The highest BCUT2D eigenvalue weighted by Crippen LogP contribution is 2.21. The number of aliphatic hydroxyl groups is 1. The average molecular weight is 213 g/mol. The third-order valence-electron chi connectivity index (χ3n) is 2.30. The van der Waals surface area contributed by atoms with Crippen LogP contribution in [0.4, 0.5) is 13.2 Å². The van der Waals surface area contributed by atoms with E-state index in [1.54, 1.807) is 7.05 Å². The topological polar surface area (TPSA) is 23.5 Å². The quantitative estimate of drug-likeness (QED) is 0.755. The maximum absolute atomic E-state index is 12.0. The first kappa shape index (κ1) is 13.7. The number of likely N-dealkylation sites (N-methyl/N-ethyl adjacent to an activating group) is 1. The van der Waals surface area contributed by atoms with Crippen LogP contribution in [0, 0.1) is 0 Å². The molecule has 0 aromatic heterocycles. The van der Waals surface area contributed by atoms with Crippen molar-refractivity contribution in [1.82, 2.24) is 4.90 Å². The fourth-order valence-electron chi connectivity index (χ4n) is 1.19. The van der Waals surface area contributed by atoms with Crippen molar-refractivity contribution in [2.45, 2.75) is 45.0 Å². The molecular formula is C9H18F3NO. The predicted molar refractivity (Wildman–Crippen MR) is 49.1 cm³/mol. The fraction of sp³-hybridized carbons (Fsp3) is 1.00. The molecular weight excluding hydrogens is 195 g/mol. The summed E-state index contributed by atoms with van der Waals surface area (Å²) in [4.78, 5) is 1.53. The standard InChI is InChI=1S/C9H18F3NO/c1-4-5-7(2)13(3)6-8(14)9(10,11)12/h7-8,14H,4-6H2,1-3H3. The summed E-state index contributed by atoms with van der Waals surface area (Å²) in [6.45, 7) is 3.47. The minimum atomic E-state index is -4.51. The van der Waals surface area contributed by atoms with Gasteiger partial charge in [0.15, 0.2) is 6.10 Å². The SMILES string of the molecule is CCCC(C)N(C)CC(O)C(F)(F)F. The van der Waals surface area contributed by atoms with Gasteiger partial charge in [0, 0.05) is 12.6 Å². The number of nitrogens with zero attached hydrogens (tertiary/aromatic N) is 1. The first-order valence-electron chi connectivity index (χ1n) is 4.74. The van der Waals surface area contributed by atoms with Crippen LogP contribution in [-0.4, -0.2) is 41.9 Å². The van der Waals surface area contributed by atoms with Crippen molar-refractivity contribution < 1.29 is 18.3 Å². The van der Waals surface area contributed by atoms with Gasteiger partial charge in [0.05, 0.1) is 0 Å². The summed E-state index contributed by atoms with van der Waals surface area (Å²) in [6, 6.07) is 0.0667. The molecule has 5 heteroatoms. The number of aliphatic hydroxyl groups excluding tert-OH is 1. The Morgan fingerprint density at radius 2 is 1.86 bits per heavy atom. The van der Waals surface area contributed by atoms with Crippen LogP contribution >= 0.6 is 0 Å². The second-order valence-corrected chi connectivity index (χ2v) is 3.63. The van der Waals surface area contributed by atoms with Gasteiger partial charge in [-0.1, -0.05) is 13.3 Å². The molecule has 2 unspecified atom stereocenters. The Morgan fingerprint density at radius 3 is 2.21 bits per heavy atom. The van der Waals surface area contributed by atoms with E-state index in [2.05, 4.69) is 0 Å². The van der Waals surface area contributed by atoms with Crippen molar-refractivity contribution in [1.29, 1.82) is 0 Å². The lowest BCUT2D eigenvalue weighted by Gasteiger charge is -2.27. The molecule has 2 nitrogen and oxygen atoms in total. The van der Waals surface area contributed by atoms with Gasteiger partial charge in [-0.15, -0.1) is 0 Å². The van der Waals surface area contributed by atoms with Crippen LogP contribution in [0.1, 0.15) is 26.7 Å². The van der Waals surface area contributed by atoms with Gasteiger partial charge in [-0.2, -0.15) is 13.2 Å². The van der Waals surface area contributed by atoms with E-state index in [0.717, 1.165) is 12.8 Å². The van der Waals surface area contributed by atoms with Gasteiger partial charge in [0.1, 0.15) is 0 Å². The summed E-state index contributed by atoms with van der Waals surface area (Å²) in [5.74, 6) is 0. The molecule has 86 valence electrons. The van der Waals surface area contributed by atoms with Gasteiger partial charge in [-0.05, 0) is 20.4 Å². The Hall–Kier alpha value is -0.290. The summed E-state index contributed by atoms with van der Waals surface area (Å²) in [5.41, 5.74) is 0. The Kier molecular flexibility index (Phi) is 5.44. The highest BCUT2D eigenvalue weighted by atomic mass is 19.4. The van der Waals surface area contributed by atoms with Crippen molar-refractivity contribution in [3.05, 3.63) is 0 Å². The van der Waals surface area contributed by atoms with Crippen LogP contribution in [0.25, 0.3) is 0 Å². The van der Waals surface area contributed by atoms with E-state index >= 15 is 0 Å². The fourth-order valence-corrected chi connectivity index (χ4v) is 1.19. The molecule has 0 bridgehead atoms. The number of hydrogen-bond donors (Lipinski definition) is 1. The predicted octanol–water partition coefficient (Wildman–Crippen LogP) is 2.03. The van der Waals surface area contributed by atoms with Crippen molar-refractivity contribution in [3.8, 4) is 0 Å². The molecule has 2 atom stereocenters. The van der Waals surface area contributed by atoms with Crippen molar-refractivity contribution in [3.63, 3.8) is 0 Å². The molecule has 0 rings (SSSR count). The van der Waals surface area contributed by atoms with Crippen molar-refractivity contribution in [2.24, 2.45) is 0 Å². The minimum Gasteiger partial charge on any atom is -0.382 e. The molecule has 0 heterocycles. The van der Waals surface area contributed by atoms with E-state index in [1.165, 1.54) is 4.90 Å². The zero-order chi connectivity index (χ0) is 11.4. The van der Waals surface area contributed by atoms with E-state index in [9.17, 15) is 13.2 Å². The first-order chi connectivity index (χ1) is 6.29. The molecule has 0 aromatic carbocycles. The Balaban J connectivity index is 3.99. The third kappa shape index (κ3) is 4.81. The second kappa shape index (κ2) is 5.56. The minimum absolute atomic E-state index is 0.0667. The van der Waals surface area contributed by atoms with Gasteiger partial charge in [-0.25, -0.2) is 0 Å². The number of rotatable bonds is 5. The van der Waals surface area contributed by atoms with Gasteiger partial charge in [0.25, 0.3) is 0 Å². The molecule has 0 radical (unpaired) electrons. The molecule has 0 aliphatic carbocycles. The molecule has 0 aliphatic rings. The Bertz CT molecular complexity index is 161. The van der Waals surface area contributed by atoms with Gasteiger partial charge in [0.2, 0.25) is 0 Å². The lowest BCUT2D eigenvalue weighted by atomic mass is 10.1. The molecule has 1 N–H and O–H groups in total. The van der Waals surface area contributed by atoms with E-state index in [-0.39, 0.29) is 12.6 Å². The van der Waals surface area contributed by atoms with Gasteiger partial charge in [-0.3, -0.25) is 0 Å². The van der Waals surface area contributed by atoms with Crippen LogP contribution < -0.4 is 0 Å². The van der Waals surface area contributed by atoms with Gasteiger partial charge >= 0.3 is 6.18 Å². The van der Waals surface area contributed by atoms with Crippen LogP contribution in [0.3, 0.4) is 0 Å². The molecule has 0 aromatic rings.